The first kappa shape index (κ1) is 24.0. The lowest BCUT2D eigenvalue weighted by Crippen LogP contribution is -2.40. The smallest absolute Gasteiger partial charge is 0.228 e. The van der Waals surface area contributed by atoms with Crippen LogP contribution >= 0.6 is 0 Å². The largest absolute Gasteiger partial charge is 0.367 e. The van der Waals surface area contributed by atoms with Crippen LogP contribution in [0.1, 0.15) is 54.3 Å². The number of benzene rings is 3. The number of aromatic amines is 1. The lowest BCUT2D eigenvalue weighted by Gasteiger charge is -2.38. The first-order chi connectivity index (χ1) is 19.8. The summed E-state index contributed by atoms with van der Waals surface area (Å²) in [7, 11) is 0. The van der Waals surface area contributed by atoms with Crippen LogP contribution in [0.25, 0.3) is 22.5 Å². The molecule has 1 aliphatic carbocycles. The Kier molecular flexibility index (Phi) is 7.51. The van der Waals surface area contributed by atoms with E-state index in [9.17, 15) is 9.18 Å². The molecule has 0 aliphatic heterocycles. The molecule has 3 aromatic carbocycles. The van der Waals surface area contributed by atoms with Gasteiger partial charge >= 0.3 is 0 Å². The average molecular weight is 529 g/mol. The zero-order valence-corrected chi connectivity index (χ0v) is 22.3. The molecule has 0 saturated heterocycles. The van der Waals surface area contributed by atoms with Gasteiger partial charge in [-0.3, -0.25) is 4.79 Å². The number of carbonyl (C=O) groups is 1. The standard InChI is InChI=1S/C31H35FN6O/c1-21(2)20-38(24-11-4-3-5-12-24)29-17-16-22(25-13-7-8-14-26(25)31-34-36-37-35-31)18-28(29)33-30(39)19-23-10-6-9-15-27(23)32/h6-10,13-18,21,24H,3-5,11-12,19-20H2,1-2H3,(H,33,39)(H,34,35,36,37)/i20D2. The predicted octanol–water partition coefficient (Wildman–Crippen LogP) is 6.65. The van der Waals surface area contributed by atoms with Crippen LogP contribution in [0.5, 0.6) is 0 Å². The molecule has 2 N–H and O–H groups in total. The van der Waals surface area contributed by atoms with E-state index >= 15 is 0 Å². The number of hydrogen-bond donors (Lipinski definition) is 2. The molecular weight excluding hydrogens is 491 g/mol. The number of nitrogens with zero attached hydrogens (tertiary/aromatic N) is 4. The van der Waals surface area contributed by atoms with Crippen LogP contribution < -0.4 is 10.2 Å². The number of tetrazole rings is 1. The summed E-state index contributed by atoms with van der Waals surface area (Å²) in [4.78, 5) is 15.2. The molecular formula is C31H35FN6O. The summed E-state index contributed by atoms with van der Waals surface area (Å²) < 4.78 is 32.7. The molecule has 1 aromatic heterocycles. The molecule has 202 valence electrons. The number of anilines is 2. The SMILES string of the molecule is [2H]C([2H])(C(C)C)N(c1ccc(-c2ccccc2-c2nn[nH]n2)cc1NC(=O)Cc1ccccc1F)C1CCCCC1. The second-order valence-electron chi connectivity index (χ2n) is 10.3. The molecule has 1 amide bonds. The number of carbonyl (C=O) groups excluding carboxylic acids is 1. The Morgan fingerprint density at radius 1 is 1.08 bits per heavy atom. The van der Waals surface area contributed by atoms with Crippen LogP contribution in [0.3, 0.4) is 0 Å². The lowest BCUT2D eigenvalue weighted by atomic mass is 9.92. The minimum atomic E-state index is -1.67. The molecule has 0 atom stereocenters. The maximum absolute atomic E-state index is 14.4. The van der Waals surface area contributed by atoms with E-state index in [0.717, 1.165) is 48.8 Å². The van der Waals surface area contributed by atoms with Crippen molar-refractivity contribution in [2.45, 2.75) is 58.4 Å². The van der Waals surface area contributed by atoms with E-state index in [2.05, 4.69) is 25.9 Å². The van der Waals surface area contributed by atoms with Crippen molar-refractivity contribution in [1.29, 1.82) is 0 Å². The van der Waals surface area contributed by atoms with Gasteiger partial charge in [-0.2, -0.15) is 5.21 Å². The van der Waals surface area contributed by atoms with Gasteiger partial charge in [0.15, 0.2) is 0 Å². The summed E-state index contributed by atoms with van der Waals surface area (Å²) in [5.41, 5.74) is 3.77. The second kappa shape index (κ2) is 12.2. The maximum atomic E-state index is 14.4. The molecule has 0 unspecified atom stereocenters. The van der Waals surface area contributed by atoms with Crippen LogP contribution in [0.15, 0.2) is 66.7 Å². The fraction of sp³-hybridized carbons (Fsp3) is 0.355. The van der Waals surface area contributed by atoms with E-state index in [1.54, 1.807) is 18.2 Å². The number of halogens is 1. The van der Waals surface area contributed by atoms with E-state index in [4.69, 9.17) is 2.74 Å². The third-order valence-corrected chi connectivity index (χ3v) is 7.00. The number of H-pyrrole nitrogens is 1. The van der Waals surface area contributed by atoms with Gasteiger partial charge in [0.2, 0.25) is 11.7 Å². The van der Waals surface area contributed by atoms with E-state index in [1.807, 2.05) is 61.2 Å². The second-order valence-corrected chi connectivity index (χ2v) is 10.3. The van der Waals surface area contributed by atoms with Gasteiger partial charge in [-0.1, -0.05) is 81.6 Å². The zero-order chi connectivity index (χ0) is 29.0. The summed E-state index contributed by atoms with van der Waals surface area (Å²) in [5, 5.41) is 17.5. The van der Waals surface area contributed by atoms with Crippen molar-refractivity contribution in [2.75, 3.05) is 16.7 Å². The Hall–Kier alpha value is -4.07. The average Bonchev–Trinajstić information content (AvgIpc) is 3.51. The van der Waals surface area contributed by atoms with Crippen molar-refractivity contribution in [3.63, 3.8) is 0 Å². The molecule has 1 saturated carbocycles. The van der Waals surface area contributed by atoms with E-state index in [-0.39, 0.29) is 24.3 Å². The van der Waals surface area contributed by atoms with E-state index < -0.39 is 12.3 Å². The number of rotatable bonds is 9. The Labute approximate surface area is 231 Å². The quantitative estimate of drug-likeness (QED) is 0.254. The molecule has 5 rings (SSSR count). The van der Waals surface area contributed by atoms with E-state index in [1.165, 1.54) is 6.07 Å². The van der Waals surface area contributed by atoms with Gasteiger partial charge < -0.3 is 10.2 Å². The highest BCUT2D eigenvalue weighted by atomic mass is 19.1. The van der Waals surface area contributed by atoms with Gasteiger partial charge in [0.25, 0.3) is 0 Å². The molecule has 1 aliphatic rings. The first-order valence-corrected chi connectivity index (χ1v) is 13.6. The Morgan fingerprint density at radius 3 is 2.54 bits per heavy atom. The lowest BCUT2D eigenvalue weighted by molar-refractivity contribution is -0.115. The van der Waals surface area contributed by atoms with Gasteiger partial charge in [0.1, 0.15) is 5.82 Å². The summed E-state index contributed by atoms with van der Waals surface area (Å²) in [5.74, 6) is -0.681. The van der Waals surface area contributed by atoms with E-state index in [0.29, 0.717) is 22.8 Å². The number of aromatic nitrogens is 4. The normalized spacial score (nSPS) is 15.1. The fourth-order valence-electron chi connectivity index (χ4n) is 5.22. The monoisotopic (exact) mass is 528 g/mol. The summed E-state index contributed by atoms with van der Waals surface area (Å²) in [6.45, 7) is 2.08. The predicted molar refractivity (Wildman–Crippen MR) is 153 cm³/mol. The van der Waals surface area contributed by atoms with Gasteiger partial charge in [0.05, 0.1) is 17.8 Å². The van der Waals surface area contributed by atoms with Gasteiger partial charge in [-0.05, 0) is 58.9 Å². The molecule has 1 fully saturated rings. The van der Waals surface area contributed by atoms with Gasteiger partial charge in [0, 0.05) is 20.8 Å². The Bertz CT molecular complexity index is 1490. The van der Waals surface area contributed by atoms with Gasteiger partial charge in [-0.15, -0.1) is 10.2 Å². The van der Waals surface area contributed by atoms with Crippen LogP contribution in [0, 0.1) is 11.7 Å². The van der Waals surface area contributed by atoms with Crippen molar-refractivity contribution in [2.24, 2.45) is 5.92 Å². The Balaban J connectivity index is 1.61. The first-order valence-electron chi connectivity index (χ1n) is 14.6. The van der Waals surface area contributed by atoms with Crippen molar-refractivity contribution < 1.29 is 11.9 Å². The summed E-state index contributed by atoms with van der Waals surface area (Å²) in [6, 6.07) is 19.5. The molecule has 1 heterocycles. The summed E-state index contributed by atoms with van der Waals surface area (Å²) in [6.07, 6.45) is 4.79. The summed E-state index contributed by atoms with van der Waals surface area (Å²) >= 11 is 0. The van der Waals surface area contributed by atoms with Crippen LogP contribution in [-0.4, -0.2) is 39.1 Å². The Morgan fingerprint density at radius 2 is 1.82 bits per heavy atom. The molecule has 8 heteroatoms. The highest BCUT2D eigenvalue weighted by Gasteiger charge is 2.25. The molecule has 0 spiro atoms. The van der Waals surface area contributed by atoms with Crippen LogP contribution in [0.4, 0.5) is 15.8 Å². The van der Waals surface area contributed by atoms with Crippen LogP contribution in [-0.2, 0) is 11.2 Å². The highest BCUT2D eigenvalue weighted by molar-refractivity contribution is 5.97. The van der Waals surface area contributed by atoms with Crippen molar-refractivity contribution in [1.82, 2.24) is 20.6 Å². The molecule has 39 heavy (non-hydrogen) atoms. The highest BCUT2D eigenvalue weighted by Crippen LogP contribution is 2.38. The van der Waals surface area contributed by atoms with Gasteiger partial charge in [-0.25, -0.2) is 4.39 Å². The third kappa shape index (κ3) is 6.33. The maximum Gasteiger partial charge on any atom is 0.228 e. The molecule has 4 aromatic rings. The van der Waals surface area contributed by atoms with Crippen molar-refractivity contribution in [3.8, 4) is 22.5 Å². The minimum Gasteiger partial charge on any atom is -0.367 e. The topological polar surface area (TPSA) is 86.8 Å². The van der Waals surface area contributed by atoms with Crippen molar-refractivity contribution >= 4 is 17.3 Å². The number of nitrogens with one attached hydrogen (secondary N) is 2. The molecule has 0 radical (unpaired) electrons. The number of amides is 1. The molecule has 7 nitrogen and oxygen atoms in total. The minimum absolute atomic E-state index is 0.0131. The van der Waals surface area contributed by atoms with Crippen molar-refractivity contribution in [3.05, 3.63) is 78.1 Å². The third-order valence-electron chi connectivity index (χ3n) is 7.00. The number of hydrogen-bond acceptors (Lipinski definition) is 5. The van der Waals surface area contributed by atoms with Crippen LogP contribution in [0.2, 0.25) is 0 Å². The fourth-order valence-corrected chi connectivity index (χ4v) is 5.22. The molecule has 0 bridgehead atoms. The zero-order valence-electron chi connectivity index (χ0n) is 24.3.